The molecule has 1 aliphatic rings. The highest BCUT2D eigenvalue weighted by Crippen LogP contribution is 2.39. The molecule has 30 heavy (non-hydrogen) atoms. The molecule has 1 heterocycles. The van der Waals surface area contributed by atoms with Gasteiger partial charge < -0.3 is 19.1 Å². The van der Waals surface area contributed by atoms with Gasteiger partial charge in [-0.15, -0.1) is 0 Å². The number of benzene rings is 2. The second-order valence-corrected chi connectivity index (χ2v) is 8.50. The lowest BCUT2D eigenvalue weighted by Gasteiger charge is -2.19. The van der Waals surface area contributed by atoms with Crippen LogP contribution >= 0.6 is 23.4 Å². The summed E-state index contributed by atoms with van der Waals surface area (Å²) in [7, 11) is 4.70. The van der Waals surface area contributed by atoms with Crippen LogP contribution in [-0.2, 0) is 4.79 Å². The van der Waals surface area contributed by atoms with Crippen molar-refractivity contribution in [3.05, 3.63) is 58.6 Å². The Kier molecular flexibility index (Phi) is 7.94. The maximum atomic E-state index is 12.8. The number of thioether (sulfide) groups is 1. The van der Waals surface area contributed by atoms with Gasteiger partial charge >= 0.3 is 0 Å². The van der Waals surface area contributed by atoms with Gasteiger partial charge in [-0.05, 0) is 41.8 Å². The standard InChI is InChI=1S/C23H26ClNO4S/c1-27-19-14-16(15-20(28-2)23(19)29-3)8-9-22(26)25-11-10-21(30-13-12-25)17-6-4-5-7-18(17)24/h4-9,14-15,21H,10-13H2,1-3H3/b9-8+. The van der Waals surface area contributed by atoms with Gasteiger partial charge in [-0.25, -0.2) is 0 Å². The molecule has 0 radical (unpaired) electrons. The van der Waals surface area contributed by atoms with Crippen molar-refractivity contribution in [2.45, 2.75) is 11.7 Å². The van der Waals surface area contributed by atoms with E-state index in [1.807, 2.05) is 47.0 Å². The van der Waals surface area contributed by atoms with E-state index in [4.69, 9.17) is 25.8 Å². The molecule has 0 saturated carbocycles. The van der Waals surface area contributed by atoms with Crippen molar-refractivity contribution in [3.63, 3.8) is 0 Å². The number of amides is 1. The Balaban J connectivity index is 1.69. The van der Waals surface area contributed by atoms with Crippen LogP contribution in [0.15, 0.2) is 42.5 Å². The fraction of sp³-hybridized carbons (Fsp3) is 0.348. The van der Waals surface area contributed by atoms with Crippen LogP contribution in [0.4, 0.5) is 0 Å². The molecule has 3 rings (SSSR count). The normalized spacial score (nSPS) is 16.9. The van der Waals surface area contributed by atoms with E-state index in [9.17, 15) is 4.79 Å². The molecule has 0 aromatic heterocycles. The Morgan fingerprint density at radius 3 is 2.43 bits per heavy atom. The summed E-state index contributed by atoms with van der Waals surface area (Å²) in [5, 5.41) is 1.09. The zero-order valence-electron chi connectivity index (χ0n) is 17.4. The van der Waals surface area contributed by atoms with Gasteiger partial charge in [-0.2, -0.15) is 11.8 Å². The van der Waals surface area contributed by atoms with Crippen LogP contribution in [-0.4, -0.2) is 51.0 Å². The van der Waals surface area contributed by atoms with Crippen molar-refractivity contribution in [2.75, 3.05) is 40.2 Å². The average Bonchev–Trinajstić information content (AvgIpc) is 3.03. The molecule has 0 N–H and O–H groups in total. The number of carbonyl (C=O) groups excluding carboxylic acids is 1. The summed E-state index contributed by atoms with van der Waals surface area (Å²) in [6.07, 6.45) is 4.25. The molecule has 0 bridgehead atoms. The Morgan fingerprint density at radius 1 is 1.10 bits per heavy atom. The smallest absolute Gasteiger partial charge is 0.246 e. The minimum atomic E-state index is -0.0100. The van der Waals surface area contributed by atoms with E-state index >= 15 is 0 Å². The van der Waals surface area contributed by atoms with Crippen molar-refractivity contribution in [3.8, 4) is 17.2 Å². The van der Waals surface area contributed by atoms with Gasteiger partial charge in [0.05, 0.1) is 21.3 Å². The second kappa shape index (κ2) is 10.6. The van der Waals surface area contributed by atoms with Crippen LogP contribution in [0.5, 0.6) is 17.2 Å². The van der Waals surface area contributed by atoms with Crippen molar-refractivity contribution in [2.24, 2.45) is 0 Å². The number of hydrogen-bond acceptors (Lipinski definition) is 5. The summed E-state index contributed by atoms with van der Waals surface area (Å²) < 4.78 is 16.1. The highest BCUT2D eigenvalue weighted by atomic mass is 35.5. The summed E-state index contributed by atoms with van der Waals surface area (Å²) >= 11 is 8.22. The van der Waals surface area contributed by atoms with E-state index in [-0.39, 0.29) is 5.91 Å². The largest absolute Gasteiger partial charge is 0.493 e. The Hall–Kier alpha value is -2.31. The molecule has 1 unspecified atom stereocenters. The molecular weight excluding hydrogens is 422 g/mol. The molecule has 0 spiro atoms. The van der Waals surface area contributed by atoms with Crippen molar-refractivity contribution < 1.29 is 19.0 Å². The fourth-order valence-electron chi connectivity index (χ4n) is 3.45. The number of hydrogen-bond donors (Lipinski definition) is 0. The highest BCUT2D eigenvalue weighted by Gasteiger charge is 2.22. The first-order valence-corrected chi connectivity index (χ1v) is 11.1. The van der Waals surface area contributed by atoms with Crippen LogP contribution in [0, 0.1) is 0 Å². The number of carbonyl (C=O) groups is 1. The van der Waals surface area contributed by atoms with Crippen molar-refractivity contribution in [1.29, 1.82) is 0 Å². The van der Waals surface area contributed by atoms with E-state index in [0.29, 0.717) is 35.6 Å². The Bertz CT molecular complexity index is 893. The Labute approximate surface area is 186 Å². The van der Waals surface area contributed by atoms with Crippen molar-refractivity contribution in [1.82, 2.24) is 4.90 Å². The third kappa shape index (κ3) is 5.24. The van der Waals surface area contributed by atoms with Gasteiger partial charge in [0.1, 0.15) is 0 Å². The number of ether oxygens (including phenoxy) is 3. The third-order valence-electron chi connectivity index (χ3n) is 5.01. The molecule has 1 amide bonds. The first-order chi connectivity index (χ1) is 14.6. The van der Waals surface area contributed by atoms with E-state index in [2.05, 4.69) is 6.07 Å². The first-order valence-electron chi connectivity index (χ1n) is 9.70. The maximum absolute atomic E-state index is 12.8. The molecule has 1 fully saturated rings. The predicted octanol–water partition coefficient (Wildman–Crippen LogP) is 5.09. The third-order valence-corrected chi connectivity index (χ3v) is 6.67. The molecule has 7 heteroatoms. The van der Waals surface area contributed by atoms with Crippen molar-refractivity contribution >= 4 is 35.3 Å². The zero-order chi connectivity index (χ0) is 21.5. The van der Waals surface area contributed by atoms with Gasteiger partial charge in [0.2, 0.25) is 11.7 Å². The minimum Gasteiger partial charge on any atom is -0.493 e. The molecule has 160 valence electrons. The average molecular weight is 448 g/mol. The Morgan fingerprint density at radius 2 is 1.80 bits per heavy atom. The lowest BCUT2D eigenvalue weighted by atomic mass is 10.1. The van der Waals surface area contributed by atoms with Gasteiger partial charge in [0.25, 0.3) is 0 Å². The number of nitrogens with zero attached hydrogens (tertiary/aromatic N) is 1. The summed E-state index contributed by atoms with van der Waals surface area (Å²) in [6, 6.07) is 11.6. The number of rotatable bonds is 6. The summed E-state index contributed by atoms with van der Waals surface area (Å²) in [5.74, 6) is 2.50. The van der Waals surface area contributed by atoms with Crippen LogP contribution in [0.2, 0.25) is 5.02 Å². The van der Waals surface area contributed by atoms with E-state index in [0.717, 1.165) is 28.3 Å². The summed E-state index contributed by atoms with van der Waals surface area (Å²) in [5.41, 5.74) is 1.95. The lowest BCUT2D eigenvalue weighted by molar-refractivity contribution is -0.125. The van der Waals surface area contributed by atoms with E-state index in [1.165, 1.54) is 0 Å². The van der Waals surface area contributed by atoms with Gasteiger partial charge in [0.15, 0.2) is 11.5 Å². The zero-order valence-corrected chi connectivity index (χ0v) is 19.0. The van der Waals surface area contributed by atoms with Gasteiger partial charge in [-0.3, -0.25) is 4.79 Å². The number of methoxy groups -OCH3 is 3. The molecule has 1 saturated heterocycles. The van der Waals surface area contributed by atoms with Gasteiger partial charge in [0, 0.05) is 35.2 Å². The molecule has 2 aromatic rings. The van der Waals surface area contributed by atoms with Crippen LogP contribution in [0.1, 0.15) is 22.8 Å². The summed E-state index contributed by atoms with van der Waals surface area (Å²) in [4.78, 5) is 14.7. The SMILES string of the molecule is COc1cc(/C=C/C(=O)N2CCSC(c3ccccc3Cl)CC2)cc(OC)c1OC. The molecule has 0 aliphatic carbocycles. The van der Waals surface area contributed by atoms with E-state index in [1.54, 1.807) is 33.5 Å². The quantitative estimate of drug-likeness (QED) is 0.577. The first kappa shape index (κ1) is 22.4. The fourth-order valence-corrected chi connectivity index (χ4v) is 5.05. The van der Waals surface area contributed by atoms with Crippen LogP contribution in [0.3, 0.4) is 0 Å². The van der Waals surface area contributed by atoms with Crippen LogP contribution in [0.25, 0.3) is 6.08 Å². The molecule has 1 atom stereocenters. The monoisotopic (exact) mass is 447 g/mol. The molecule has 5 nitrogen and oxygen atoms in total. The molecule has 2 aromatic carbocycles. The highest BCUT2D eigenvalue weighted by molar-refractivity contribution is 7.99. The van der Waals surface area contributed by atoms with Crippen LogP contribution < -0.4 is 14.2 Å². The minimum absolute atomic E-state index is 0.0100. The second-order valence-electron chi connectivity index (χ2n) is 6.79. The topological polar surface area (TPSA) is 48.0 Å². The maximum Gasteiger partial charge on any atom is 0.246 e. The molecular formula is C23H26ClNO4S. The van der Waals surface area contributed by atoms with Gasteiger partial charge in [-0.1, -0.05) is 29.8 Å². The molecule has 1 aliphatic heterocycles. The summed E-state index contributed by atoms with van der Waals surface area (Å²) in [6.45, 7) is 1.41. The van der Waals surface area contributed by atoms with E-state index < -0.39 is 0 Å². The number of halogens is 1. The lowest BCUT2D eigenvalue weighted by Crippen LogP contribution is -2.31. The predicted molar refractivity (Wildman–Crippen MR) is 123 cm³/mol.